The van der Waals surface area contributed by atoms with Gasteiger partial charge < -0.3 is 5.32 Å². The van der Waals surface area contributed by atoms with Crippen molar-refractivity contribution in [3.8, 4) is 0 Å². The van der Waals surface area contributed by atoms with E-state index in [2.05, 4.69) is 33.2 Å². The SMILES string of the molecule is CCC1CCCC(Nc2ncc(Br)cc2Cl)C1. The molecule has 0 saturated heterocycles. The second kappa shape index (κ2) is 6.05. The summed E-state index contributed by atoms with van der Waals surface area (Å²) < 4.78 is 0.920. The molecule has 0 bridgehead atoms. The van der Waals surface area contributed by atoms with Gasteiger partial charge in [0.05, 0.1) is 5.02 Å². The highest BCUT2D eigenvalue weighted by molar-refractivity contribution is 9.10. The minimum atomic E-state index is 0.528. The van der Waals surface area contributed by atoms with Gasteiger partial charge in [-0.1, -0.05) is 37.8 Å². The fourth-order valence-corrected chi connectivity index (χ4v) is 3.19. The lowest BCUT2D eigenvalue weighted by molar-refractivity contribution is 0.327. The summed E-state index contributed by atoms with van der Waals surface area (Å²) in [7, 11) is 0. The van der Waals surface area contributed by atoms with Crippen molar-refractivity contribution in [2.75, 3.05) is 5.32 Å². The predicted octanol–water partition coefficient (Wildman–Crippen LogP) is 4.88. The Morgan fingerprint density at radius 1 is 1.53 bits per heavy atom. The van der Waals surface area contributed by atoms with Crippen molar-refractivity contribution in [3.05, 3.63) is 21.8 Å². The first-order valence-electron chi connectivity index (χ1n) is 6.26. The van der Waals surface area contributed by atoms with Crippen LogP contribution >= 0.6 is 27.5 Å². The van der Waals surface area contributed by atoms with Crippen LogP contribution in [0.5, 0.6) is 0 Å². The summed E-state index contributed by atoms with van der Waals surface area (Å²) in [5.41, 5.74) is 0. The fourth-order valence-electron chi connectivity index (χ4n) is 2.51. The first kappa shape index (κ1) is 13.2. The molecule has 0 aliphatic heterocycles. The van der Waals surface area contributed by atoms with Gasteiger partial charge in [-0.25, -0.2) is 4.98 Å². The standard InChI is InChI=1S/C13H18BrClN2/c1-2-9-4-3-5-11(6-9)17-13-12(15)7-10(14)8-16-13/h7-9,11H,2-6H2,1H3,(H,16,17). The van der Waals surface area contributed by atoms with Crippen LogP contribution in [0.15, 0.2) is 16.7 Å². The van der Waals surface area contributed by atoms with E-state index >= 15 is 0 Å². The third kappa shape index (κ3) is 3.59. The average Bonchev–Trinajstić information content (AvgIpc) is 2.33. The fraction of sp³-hybridized carbons (Fsp3) is 0.615. The van der Waals surface area contributed by atoms with Gasteiger partial charge in [-0.15, -0.1) is 0 Å². The van der Waals surface area contributed by atoms with E-state index in [1.54, 1.807) is 6.20 Å². The zero-order chi connectivity index (χ0) is 12.3. The van der Waals surface area contributed by atoms with E-state index in [1.165, 1.54) is 32.1 Å². The number of aromatic nitrogens is 1. The highest BCUT2D eigenvalue weighted by atomic mass is 79.9. The Morgan fingerprint density at radius 3 is 3.06 bits per heavy atom. The minimum absolute atomic E-state index is 0.528. The summed E-state index contributed by atoms with van der Waals surface area (Å²) in [6, 6.07) is 2.41. The topological polar surface area (TPSA) is 24.9 Å². The highest BCUT2D eigenvalue weighted by Crippen LogP contribution is 2.30. The summed E-state index contributed by atoms with van der Waals surface area (Å²) in [5.74, 6) is 1.67. The molecule has 1 fully saturated rings. The predicted molar refractivity (Wildman–Crippen MR) is 76.6 cm³/mol. The third-order valence-electron chi connectivity index (χ3n) is 3.51. The molecule has 2 atom stereocenters. The van der Waals surface area contributed by atoms with Crippen LogP contribution in [0.4, 0.5) is 5.82 Å². The number of halogens is 2. The van der Waals surface area contributed by atoms with Gasteiger partial charge in [0.15, 0.2) is 0 Å². The van der Waals surface area contributed by atoms with Crippen LogP contribution in [0, 0.1) is 5.92 Å². The monoisotopic (exact) mass is 316 g/mol. The maximum absolute atomic E-state index is 6.16. The molecule has 0 amide bonds. The lowest BCUT2D eigenvalue weighted by atomic mass is 9.84. The van der Waals surface area contributed by atoms with Crippen LogP contribution in [-0.4, -0.2) is 11.0 Å². The van der Waals surface area contributed by atoms with E-state index in [1.807, 2.05) is 6.07 Å². The van der Waals surface area contributed by atoms with Crippen LogP contribution in [0.2, 0.25) is 5.02 Å². The largest absolute Gasteiger partial charge is 0.366 e. The molecule has 2 rings (SSSR count). The molecule has 2 nitrogen and oxygen atoms in total. The average molecular weight is 318 g/mol. The molecule has 1 heterocycles. The third-order valence-corrected chi connectivity index (χ3v) is 4.23. The van der Waals surface area contributed by atoms with Gasteiger partial charge in [-0.3, -0.25) is 0 Å². The van der Waals surface area contributed by atoms with Crippen molar-refractivity contribution in [1.29, 1.82) is 0 Å². The number of nitrogens with zero attached hydrogens (tertiary/aromatic N) is 1. The molecule has 1 aliphatic rings. The summed E-state index contributed by atoms with van der Waals surface area (Å²) >= 11 is 9.53. The lowest BCUT2D eigenvalue weighted by Gasteiger charge is -2.29. The van der Waals surface area contributed by atoms with Gasteiger partial charge in [0.1, 0.15) is 5.82 Å². The quantitative estimate of drug-likeness (QED) is 0.859. The number of pyridine rings is 1. The van der Waals surface area contributed by atoms with Crippen molar-refractivity contribution < 1.29 is 0 Å². The smallest absolute Gasteiger partial charge is 0.145 e. The summed E-state index contributed by atoms with van der Waals surface area (Å²) in [5, 5.41) is 4.17. The molecular weight excluding hydrogens is 300 g/mol. The molecular formula is C13H18BrClN2. The molecule has 1 N–H and O–H groups in total. The van der Waals surface area contributed by atoms with E-state index in [4.69, 9.17) is 11.6 Å². The minimum Gasteiger partial charge on any atom is -0.366 e. The van der Waals surface area contributed by atoms with Gasteiger partial charge in [0.2, 0.25) is 0 Å². The maximum Gasteiger partial charge on any atom is 0.145 e. The van der Waals surface area contributed by atoms with Crippen LogP contribution in [0.25, 0.3) is 0 Å². The molecule has 0 radical (unpaired) electrons. The van der Waals surface area contributed by atoms with Gasteiger partial charge in [-0.2, -0.15) is 0 Å². The summed E-state index contributed by atoms with van der Waals surface area (Å²) in [6.45, 7) is 2.28. The first-order valence-corrected chi connectivity index (χ1v) is 7.43. The van der Waals surface area contributed by atoms with E-state index in [0.717, 1.165) is 16.2 Å². The number of nitrogens with one attached hydrogen (secondary N) is 1. The number of hydrogen-bond acceptors (Lipinski definition) is 2. The van der Waals surface area contributed by atoms with E-state index in [-0.39, 0.29) is 0 Å². The second-order valence-electron chi connectivity index (χ2n) is 4.77. The van der Waals surface area contributed by atoms with Gasteiger partial charge >= 0.3 is 0 Å². The van der Waals surface area contributed by atoms with Gasteiger partial charge in [0, 0.05) is 16.7 Å². The Labute approximate surface area is 116 Å². The second-order valence-corrected chi connectivity index (χ2v) is 6.09. The molecule has 0 aromatic carbocycles. The molecule has 17 heavy (non-hydrogen) atoms. The Balaban J connectivity index is 2.00. The zero-order valence-electron chi connectivity index (χ0n) is 10.0. The number of hydrogen-bond donors (Lipinski definition) is 1. The molecule has 94 valence electrons. The normalized spacial score (nSPS) is 24.6. The van der Waals surface area contributed by atoms with Crippen LogP contribution in [0.3, 0.4) is 0 Å². The molecule has 1 saturated carbocycles. The van der Waals surface area contributed by atoms with E-state index in [0.29, 0.717) is 11.1 Å². The van der Waals surface area contributed by atoms with Crippen LogP contribution in [0.1, 0.15) is 39.0 Å². The molecule has 4 heteroatoms. The maximum atomic E-state index is 6.16. The van der Waals surface area contributed by atoms with Crippen molar-refractivity contribution in [3.63, 3.8) is 0 Å². The molecule has 1 aromatic rings. The van der Waals surface area contributed by atoms with Gasteiger partial charge in [0.25, 0.3) is 0 Å². The first-order chi connectivity index (χ1) is 8.19. The van der Waals surface area contributed by atoms with Gasteiger partial charge in [-0.05, 0) is 40.8 Å². The number of anilines is 1. The molecule has 2 unspecified atom stereocenters. The lowest BCUT2D eigenvalue weighted by Crippen LogP contribution is -2.27. The van der Waals surface area contributed by atoms with E-state index in [9.17, 15) is 0 Å². The molecule has 1 aromatic heterocycles. The zero-order valence-corrected chi connectivity index (χ0v) is 12.4. The van der Waals surface area contributed by atoms with Crippen molar-refractivity contribution in [2.24, 2.45) is 5.92 Å². The van der Waals surface area contributed by atoms with Crippen LogP contribution < -0.4 is 5.32 Å². The Bertz CT molecular complexity index is 384. The van der Waals surface area contributed by atoms with Crippen LogP contribution in [-0.2, 0) is 0 Å². The van der Waals surface area contributed by atoms with Crippen molar-refractivity contribution in [1.82, 2.24) is 4.98 Å². The number of rotatable bonds is 3. The molecule has 1 aliphatic carbocycles. The van der Waals surface area contributed by atoms with Crippen molar-refractivity contribution in [2.45, 2.75) is 45.1 Å². The summed E-state index contributed by atoms with van der Waals surface area (Å²) in [4.78, 5) is 4.33. The summed E-state index contributed by atoms with van der Waals surface area (Å²) in [6.07, 6.45) is 8.21. The molecule has 0 spiro atoms. The Hall–Kier alpha value is -0.280. The Morgan fingerprint density at radius 2 is 2.35 bits per heavy atom. The van der Waals surface area contributed by atoms with E-state index < -0.39 is 0 Å². The van der Waals surface area contributed by atoms with Crippen molar-refractivity contribution >= 4 is 33.3 Å². The Kier molecular flexibility index (Phi) is 4.69. The highest BCUT2D eigenvalue weighted by Gasteiger charge is 2.21.